The van der Waals surface area contributed by atoms with Crippen LogP contribution in [0.25, 0.3) is 11.0 Å². The quantitative estimate of drug-likeness (QED) is 0.223. The van der Waals surface area contributed by atoms with Crippen LogP contribution in [0.1, 0.15) is 20.7 Å². The number of halogens is 5. The van der Waals surface area contributed by atoms with Crippen molar-refractivity contribution in [2.75, 3.05) is 10.2 Å². The fraction of sp³-hybridized carbons (Fsp3) is 0. The van der Waals surface area contributed by atoms with Gasteiger partial charge in [-0.05, 0) is 18.2 Å². The number of amides is 1. The highest BCUT2D eigenvalue weighted by Gasteiger charge is 2.29. The van der Waals surface area contributed by atoms with E-state index in [0.29, 0.717) is 22.7 Å². The Morgan fingerprint density at radius 1 is 1.00 bits per heavy atom. The number of aromatic amines is 1. The number of hydrogen-bond acceptors (Lipinski definition) is 4. The van der Waals surface area contributed by atoms with E-state index in [0.717, 1.165) is 0 Å². The Hall–Kier alpha value is -1.90. The first kappa shape index (κ1) is 19.9. The number of carbonyl (C=O) groups is 2. The van der Waals surface area contributed by atoms with Crippen molar-refractivity contribution in [2.45, 2.75) is 0 Å². The van der Waals surface area contributed by atoms with Crippen LogP contribution in [0.15, 0.2) is 18.2 Å². The normalized spacial score (nSPS) is 10.9. The second kappa shape index (κ2) is 7.61. The van der Waals surface area contributed by atoms with Crippen molar-refractivity contribution >= 4 is 92.7 Å². The highest BCUT2D eigenvalue weighted by Crippen LogP contribution is 2.41. The maximum atomic E-state index is 12.7. The minimum atomic E-state index is -1.48. The number of nitrogens with zero attached hydrogens (tertiary/aromatic N) is 1. The van der Waals surface area contributed by atoms with Crippen molar-refractivity contribution in [3.05, 3.63) is 49.4 Å². The number of H-pyrrole nitrogens is 1. The van der Waals surface area contributed by atoms with E-state index in [9.17, 15) is 14.7 Å². The van der Waals surface area contributed by atoms with Crippen molar-refractivity contribution in [1.29, 1.82) is 0 Å². The first-order valence-electron chi connectivity index (χ1n) is 7.01. The molecule has 0 aliphatic rings. The lowest BCUT2D eigenvalue weighted by Gasteiger charge is -2.14. The van der Waals surface area contributed by atoms with Crippen LogP contribution < -0.4 is 10.2 Å². The Kier molecular flexibility index (Phi) is 5.60. The van der Waals surface area contributed by atoms with Gasteiger partial charge in [0.1, 0.15) is 0 Å². The summed E-state index contributed by atoms with van der Waals surface area (Å²) >= 11 is 29.3. The smallest absolute Gasteiger partial charge is 0.338 e. The predicted molar refractivity (Wildman–Crippen MR) is 107 cm³/mol. The Balaban J connectivity index is 2.05. The van der Waals surface area contributed by atoms with Crippen molar-refractivity contribution in [3.63, 3.8) is 0 Å². The van der Waals surface area contributed by atoms with Gasteiger partial charge in [-0.2, -0.15) is 0 Å². The maximum Gasteiger partial charge on any atom is 0.338 e. The number of carbonyl (C=O) groups excluding carboxylic acids is 1. The van der Waals surface area contributed by atoms with Gasteiger partial charge in [0.2, 0.25) is 5.95 Å². The molecule has 4 N–H and O–H groups in total. The molecule has 1 aromatic heterocycles. The molecule has 7 nitrogen and oxygen atoms in total. The summed E-state index contributed by atoms with van der Waals surface area (Å²) in [6, 6.07) is 4.76. The SMILES string of the molecule is O=C(O)c1c(Cl)c(Cl)c(Cl)c(Cl)c1C(=O)Nc1ccc2nc(NCl)[nH]c2c1. The first-order valence-corrected chi connectivity index (χ1v) is 8.90. The van der Waals surface area contributed by atoms with E-state index in [1.807, 2.05) is 0 Å². The van der Waals surface area contributed by atoms with Crippen molar-refractivity contribution in [1.82, 2.24) is 9.97 Å². The lowest BCUT2D eigenvalue weighted by molar-refractivity contribution is 0.0692. The van der Waals surface area contributed by atoms with Gasteiger partial charge < -0.3 is 15.4 Å². The van der Waals surface area contributed by atoms with E-state index in [2.05, 4.69) is 20.1 Å². The number of rotatable bonds is 4. The fourth-order valence-corrected chi connectivity index (χ4v) is 3.48. The Labute approximate surface area is 176 Å². The molecule has 0 saturated carbocycles. The molecule has 1 heterocycles. The third kappa shape index (κ3) is 3.61. The van der Waals surface area contributed by atoms with E-state index in [4.69, 9.17) is 58.2 Å². The molecule has 0 unspecified atom stereocenters. The van der Waals surface area contributed by atoms with Crippen LogP contribution in [0.3, 0.4) is 0 Å². The zero-order valence-corrected chi connectivity index (χ0v) is 16.6. The number of aromatic carboxylic acids is 1. The Bertz CT molecular complexity index is 1100. The number of hydrogen-bond donors (Lipinski definition) is 4. The van der Waals surface area contributed by atoms with Gasteiger partial charge in [-0.25, -0.2) is 9.78 Å². The van der Waals surface area contributed by atoms with Gasteiger partial charge in [-0.3, -0.25) is 9.63 Å². The summed E-state index contributed by atoms with van der Waals surface area (Å²) in [5.74, 6) is -1.98. The number of anilines is 2. The standard InChI is InChI=1S/C15H7Cl5N4O3/c16-9-7(8(14(26)27)10(17)12(19)11(9)18)13(25)21-4-1-2-5-6(3-4)23-15(22-5)24-20/h1-3H,(H,21,25)(H,26,27)(H2,22,23,24). The highest BCUT2D eigenvalue weighted by atomic mass is 35.5. The largest absolute Gasteiger partial charge is 0.478 e. The first-order chi connectivity index (χ1) is 12.7. The summed E-state index contributed by atoms with van der Waals surface area (Å²) in [4.78, 5) is 33.6. The third-order valence-corrected chi connectivity index (χ3v) is 5.52. The van der Waals surface area contributed by atoms with Gasteiger partial charge in [0.25, 0.3) is 5.91 Å². The summed E-state index contributed by atoms with van der Waals surface area (Å²) in [5, 5.41) is 10.8. The molecule has 12 heteroatoms. The van der Waals surface area contributed by atoms with Gasteiger partial charge in [0, 0.05) is 17.5 Å². The Morgan fingerprint density at radius 2 is 1.63 bits per heavy atom. The van der Waals surface area contributed by atoms with Crippen LogP contribution in [-0.4, -0.2) is 27.0 Å². The molecule has 27 heavy (non-hydrogen) atoms. The molecule has 0 atom stereocenters. The molecular formula is C15H7Cl5N4O3. The fourth-order valence-electron chi connectivity index (χ4n) is 2.37. The van der Waals surface area contributed by atoms with Gasteiger partial charge in [-0.15, -0.1) is 0 Å². The lowest BCUT2D eigenvalue weighted by Crippen LogP contribution is -2.18. The number of carboxylic acids is 1. The molecule has 1 amide bonds. The molecule has 140 valence electrons. The molecule has 3 aromatic rings. The number of fused-ring (bicyclic) bond motifs is 1. The summed E-state index contributed by atoms with van der Waals surface area (Å²) in [5.41, 5.74) is 0.554. The number of aromatic nitrogens is 2. The summed E-state index contributed by atoms with van der Waals surface area (Å²) in [6.07, 6.45) is 0. The van der Waals surface area contributed by atoms with Crippen LogP contribution in [-0.2, 0) is 0 Å². The van der Waals surface area contributed by atoms with Crippen LogP contribution >= 0.6 is 58.2 Å². The van der Waals surface area contributed by atoms with Crippen LogP contribution in [0.5, 0.6) is 0 Å². The maximum absolute atomic E-state index is 12.7. The van der Waals surface area contributed by atoms with Crippen molar-refractivity contribution in [2.24, 2.45) is 0 Å². The number of nitrogens with one attached hydrogen (secondary N) is 3. The van der Waals surface area contributed by atoms with E-state index < -0.39 is 23.0 Å². The highest BCUT2D eigenvalue weighted by molar-refractivity contribution is 6.54. The van der Waals surface area contributed by atoms with Gasteiger partial charge in [0.05, 0.1) is 42.3 Å². The van der Waals surface area contributed by atoms with Crippen LogP contribution in [0.4, 0.5) is 11.6 Å². The minimum absolute atomic E-state index is 0.222. The predicted octanol–water partition coefficient (Wildman–Crippen LogP) is 5.69. The van der Waals surface area contributed by atoms with Gasteiger partial charge in [0.15, 0.2) is 0 Å². The molecule has 0 aliphatic carbocycles. The van der Waals surface area contributed by atoms with Crippen molar-refractivity contribution < 1.29 is 14.7 Å². The molecule has 0 radical (unpaired) electrons. The number of carboxylic acid groups (broad SMARTS) is 1. The monoisotopic (exact) mass is 466 g/mol. The average Bonchev–Trinajstić information content (AvgIpc) is 3.04. The number of imidazole rings is 1. The molecule has 0 aliphatic heterocycles. The second-order valence-electron chi connectivity index (χ2n) is 5.18. The van der Waals surface area contributed by atoms with E-state index in [1.54, 1.807) is 18.2 Å². The van der Waals surface area contributed by atoms with Crippen LogP contribution in [0.2, 0.25) is 20.1 Å². The zero-order chi connectivity index (χ0) is 19.9. The van der Waals surface area contributed by atoms with Crippen molar-refractivity contribution in [3.8, 4) is 0 Å². The molecule has 0 fully saturated rings. The summed E-state index contributed by atoms with van der Waals surface area (Å²) < 4.78 is 0. The molecule has 0 spiro atoms. The number of benzene rings is 2. The van der Waals surface area contributed by atoms with E-state index >= 15 is 0 Å². The molecule has 0 saturated heterocycles. The van der Waals surface area contributed by atoms with E-state index in [1.165, 1.54) is 0 Å². The Morgan fingerprint density at radius 3 is 2.22 bits per heavy atom. The van der Waals surface area contributed by atoms with Gasteiger partial charge >= 0.3 is 5.97 Å². The molecule has 3 rings (SSSR count). The molecule has 0 bridgehead atoms. The third-order valence-electron chi connectivity index (χ3n) is 3.54. The second-order valence-corrected chi connectivity index (χ2v) is 6.88. The average molecular weight is 469 g/mol. The summed E-state index contributed by atoms with van der Waals surface area (Å²) in [7, 11) is 0. The van der Waals surface area contributed by atoms with E-state index in [-0.39, 0.29) is 20.1 Å². The van der Waals surface area contributed by atoms with Crippen LogP contribution in [0, 0.1) is 0 Å². The topological polar surface area (TPSA) is 107 Å². The zero-order valence-electron chi connectivity index (χ0n) is 12.8. The lowest BCUT2D eigenvalue weighted by atomic mass is 10.1. The minimum Gasteiger partial charge on any atom is -0.478 e. The molecular weight excluding hydrogens is 461 g/mol. The molecule has 2 aromatic carbocycles. The van der Waals surface area contributed by atoms with Gasteiger partial charge in [-0.1, -0.05) is 46.4 Å². The summed E-state index contributed by atoms with van der Waals surface area (Å²) in [6.45, 7) is 0.